The van der Waals surface area contributed by atoms with E-state index in [-0.39, 0.29) is 25.0 Å². The zero-order valence-corrected chi connectivity index (χ0v) is 12.5. The van der Waals surface area contributed by atoms with Crippen LogP contribution in [0.25, 0.3) is 0 Å². The molecule has 0 aromatic carbocycles. The molecule has 0 bridgehead atoms. The molecule has 0 spiro atoms. The maximum atomic E-state index is 13.0. The maximum absolute atomic E-state index is 13.0. The average Bonchev–Trinajstić information content (AvgIpc) is 2.72. The number of aliphatic hydroxyl groups excluding tert-OH is 1. The highest BCUT2D eigenvalue weighted by molar-refractivity contribution is 5.75. The van der Waals surface area contributed by atoms with Crippen molar-refractivity contribution >= 4 is 6.03 Å². The van der Waals surface area contributed by atoms with Crippen molar-refractivity contribution in [3.05, 3.63) is 12.2 Å². The van der Waals surface area contributed by atoms with Crippen LogP contribution in [0.3, 0.4) is 0 Å². The number of urea groups is 1. The fourth-order valence-electron chi connectivity index (χ4n) is 2.25. The van der Waals surface area contributed by atoms with E-state index in [0.29, 0.717) is 6.42 Å². The molecule has 0 radical (unpaired) electrons. The molecule has 0 aliphatic heterocycles. The van der Waals surface area contributed by atoms with Gasteiger partial charge in [-0.15, -0.1) is 0 Å². The van der Waals surface area contributed by atoms with E-state index in [1.807, 2.05) is 5.32 Å². The van der Waals surface area contributed by atoms with Gasteiger partial charge in [0.1, 0.15) is 6.04 Å². The van der Waals surface area contributed by atoms with E-state index in [9.17, 15) is 18.0 Å². The second-order valence-corrected chi connectivity index (χ2v) is 6.65. The smallest absolute Gasteiger partial charge is 0.396 e. The summed E-state index contributed by atoms with van der Waals surface area (Å²) in [4.78, 5) is 11.7. The molecule has 0 saturated carbocycles. The Morgan fingerprint density at radius 1 is 1.33 bits per heavy atom. The normalized spacial score (nSPS) is 24.0. The maximum Gasteiger partial charge on any atom is 0.408 e. The predicted octanol–water partition coefficient (Wildman–Crippen LogP) is 2.59. The fourth-order valence-corrected chi connectivity index (χ4v) is 2.25. The number of aliphatic hydroxyl groups is 1. The second-order valence-electron chi connectivity index (χ2n) is 6.65. The van der Waals surface area contributed by atoms with Crippen LogP contribution in [0.1, 0.15) is 33.6 Å². The number of hydrogen-bond donors (Lipinski definition) is 3. The van der Waals surface area contributed by atoms with Gasteiger partial charge in [0.15, 0.2) is 0 Å². The van der Waals surface area contributed by atoms with Gasteiger partial charge in [0.05, 0.1) is 0 Å². The number of carbonyl (C=O) groups excluding carboxylic acids is 1. The van der Waals surface area contributed by atoms with Crippen LogP contribution >= 0.6 is 0 Å². The van der Waals surface area contributed by atoms with Crippen molar-refractivity contribution in [1.29, 1.82) is 0 Å². The molecule has 1 aliphatic carbocycles. The number of nitrogens with one attached hydrogen (secondary N) is 2. The molecule has 7 heteroatoms. The second kappa shape index (κ2) is 6.68. The van der Waals surface area contributed by atoms with Gasteiger partial charge >= 0.3 is 12.2 Å². The molecule has 21 heavy (non-hydrogen) atoms. The van der Waals surface area contributed by atoms with Gasteiger partial charge < -0.3 is 15.7 Å². The van der Waals surface area contributed by atoms with E-state index in [1.165, 1.54) is 0 Å². The molecule has 4 nitrogen and oxygen atoms in total. The van der Waals surface area contributed by atoms with Crippen molar-refractivity contribution in [1.82, 2.24) is 10.6 Å². The molecular weight excluding hydrogens is 285 g/mol. The summed E-state index contributed by atoms with van der Waals surface area (Å²) in [6.07, 6.45) is -0.735. The minimum Gasteiger partial charge on any atom is -0.396 e. The van der Waals surface area contributed by atoms with Crippen LogP contribution < -0.4 is 10.6 Å². The SMILES string of the molecule is CC(C)(C)CC(NC(=O)N[C@@H]1C=C[C@H](CO)C1)C(F)(F)F. The minimum atomic E-state index is -4.48. The zero-order chi connectivity index (χ0) is 16.3. The van der Waals surface area contributed by atoms with Crippen molar-refractivity contribution in [3.63, 3.8) is 0 Å². The number of carbonyl (C=O) groups is 1. The summed E-state index contributed by atoms with van der Waals surface area (Å²) in [6, 6.07) is -3.06. The van der Waals surface area contributed by atoms with E-state index < -0.39 is 23.7 Å². The first kappa shape index (κ1) is 17.8. The Morgan fingerprint density at radius 2 is 1.95 bits per heavy atom. The van der Waals surface area contributed by atoms with Crippen LogP contribution in [0.15, 0.2) is 12.2 Å². The van der Waals surface area contributed by atoms with Crippen molar-refractivity contribution in [2.75, 3.05) is 6.61 Å². The average molecular weight is 308 g/mol. The van der Waals surface area contributed by atoms with Crippen molar-refractivity contribution in [3.8, 4) is 0 Å². The van der Waals surface area contributed by atoms with E-state index in [0.717, 1.165) is 0 Å². The molecule has 2 amide bonds. The van der Waals surface area contributed by atoms with Gasteiger partial charge in [-0.25, -0.2) is 4.79 Å². The topological polar surface area (TPSA) is 61.4 Å². The molecule has 0 fully saturated rings. The van der Waals surface area contributed by atoms with Gasteiger partial charge in [0.25, 0.3) is 0 Å². The molecule has 1 rings (SSSR count). The van der Waals surface area contributed by atoms with Gasteiger partial charge in [-0.2, -0.15) is 13.2 Å². The number of rotatable bonds is 4. The van der Waals surface area contributed by atoms with E-state index in [4.69, 9.17) is 5.11 Å². The summed E-state index contributed by atoms with van der Waals surface area (Å²) in [6.45, 7) is 5.04. The minimum absolute atomic E-state index is 0.0362. The first-order chi connectivity index (χ1) is 9.51. The third-order valence-electron chi connectivity index (χ3n) is 3.24. The van der Waals surface area contributed by atoms with Gasteiger partial charge in [0.2, 0.25) is 0 Å². The van der Waals surface area contributed by atoms with Crippen LogP contribution in [0, 0.1) is 11.3 Å². The number of alkyl halides is 3. The third kappa shape index (κ3) is 6.37. The van der Waals surface area contributed by atoms with Gasteiger partial charge in [-0.3, -0.25) is 0 Å². The van der Waals surface area contributed by atoms with Gasteiger partial charge in [-0.1, -0.05) is 32.9 Å². The number of hydrogen-bond acceptors (Lipinski definition) is 2. The Bertz CT molecular complexity index is 389. The Hall–Kier alpha value is -1.24. The van der Waals surface area contributed by atoms with Crippen LogP contribution in [-0.4, -0.2) is 36.0 Å². The molecule has 3 atom stereocenters. The summed E-state index contributed by atoms with van der Waals surface area (Å²) < 4.78 is 38.9. The van der Waals surface area contributed by atoms with Gasteiger partial charge in [-0.05, 0) is 18.3 Å². The zero-order valence-electron chi connectivity index (χ0n) is 12.5. The molecular formula is C14H23F3N2O2. The van der Waals surface area contributed by atoms with Crippen molar-refractivity contribution in [2.24, 2.45) is 11.3 Å². The Morgan fingerprint density at radius 3 is 2.38 bits per heavy atom. The van der Waals surface area contributed by atoms with E-state index in [2.05, 4.69) is 5.32 Å². The lowest BCUT2D eigenvalue weighted by Gasteiger charge is -2.29. The summed E-state index contributed by atoms with van der Waals surface area (Å²) in [5.74, 6) is -0.0525. The lowest BCUT2D eigenvalue weighted by atomic mass is 9.88. The molecule has 1 unspecified atom stereocenters. The van der Waals surface area contributed by atoms with Crippen molar-refractivity contribution < 1.29 is 23.1 Å². The first-order valence-corrected chi connectivity index (χ1v) is 6.94. The number of amides is 2. The third-order valence-corrected chi connectivity index (χ3v) is 3.24. The molecule has 0 heterocycles. The lowest BCUT2D eigenvalue weighted by molar-refractivity contribution is -0.159. The summed E-state index contributed by atoms with van der Waals surface area (Å²) in [7, 11) is 0. The Balaban J connectivity index is 2.55. The van der Waals surface area contributed by atoms with Crippen LogP contribution in [-0.2, 0) is 0 Å². The van der Waals surface area contributed by atoms with Crippen LogP contribution in [0.4, 0.5) is 18.0 Å². The lowest BCUT2D eigenvalue weighted by Crippen LogP contribution is -2.52. The monoisotopic (exact) mass is 308 g/mol. The van der Waals surface area contributed by atoms with Crippen LogP contribution in [0.5, 0.6) is 0 Å². The van der Waals surface area contributed by atoms with Crippen molar-refractivity contribution in [2.45, 2.75) is 51.9 Å². The summed E-state index contributed by atoms with van der Waals surface area (Å²) in [5.41, 5.74) is -0.553. The van der Waals surface area contributed by atoms with Gasteiger partial charge in [0, 0.05) is 18.6 Å². The quantitative estimate of drug-likeness (QED) is 0.699. The molecule has 3 N–H and O–H groups in total. The molecule has 122 valence electrons. The van der Waals surface area contributed by atoms with E-state index >= 15 is 0 Å². The Kier molecular flexibility index (Phi) is 5.67. The van der Waals surface area contributed by atoms with E-state index in [1.54, 1.807) is 32.9 Å². The molecule has 0 saturated heterocycles. The standard InChI is InChI=1S/C14H23F3N2O2/c1-13(2,3)7-11(14(15,16)17)19-12(21)18-10-5-4-9(6-10)8-20/h4-5,9-11,20H,6-8H2,1-3H3,(H2,18,19,21)/t9-,10+,11?/m0/s1. The molecule has 0 aromatic rings. The largest absolute Gasteiger partial charge is 0.408 e. The highest BCUT2D eigenvalue weighted by Crippen LogP contribution is 2.30. The summed E-state index contributed by atoms with van der Waals surface area (Å²) >= 11 is 0. The highest BCUT2D eigenvalue weighted by atomic mass is 19.4. The predicted molar refractivity (Wildman–Crippen MR) is 73.7 cm³/mol. The molecule has 1 aliphatic rings. The highest BCUT2D eigenvalue weighted by Gasteiger charge is 2.42. The van der Waals surface area contributed by atoms with Crippen LogP contribution in [0.2, 0.25) is 0 Å². The Labute approximate surface area is 122 Å². The summed E-state index contributed by atoms with van der Waals surface area (Å²) in [5, 5.41) is 13.5. The number of halogens is 3. The first-order valence-electron chi connectivity index (χ1n) is 6.94. The fraction of sp³-hybridized carbons (Fsp3) is 0.786. The molecule has 0 aromatic heterocycles.